The van der Waals surface area contributed by atoms with Crippen LogP contribution in [0, 0.1) is 10.1 Å². The number of ether oxygens (including phenoxy) is 1. The van der Waals surface area contributed by atoms with Crippen LogP contribution in [0.25, 0.3) is 10.8 Å². The molecule has 0 saturated heterocycles. The Labute approximate surface area is 126 Å². The number of nitro benzene ring substituents is 1. The number of aliphatic hydroxyl groups is 1. The SMILES string of the molecule is COc1ccc2cc(CO)c([N+](=O)[O-])cc2c1.CS(=O)(=O)O. The second-order valence-corrected chi connectivity index (χ2v) is 5.81. The van der Waals surface area contributed by atoms with Crippen molar-refractivity contribution < 1.29 is 27.7 Å². The van der Waals surface area contributed by atoms with E-state index in [4.69, 9.17) is 14.4 Å². The number of nitro groups is 1. The lowest BCUT2D eigenvalue weighted by Crippen LogP contribution is -1.95. The number of rotatable bonds is 3. The molecule has 0 saturated carbocycles. The van der Waals surface area contributed by atoms with E-state index in [0.717, 1.165) is 5.39 Å². The highest BCUT2D eigenvalue weighted by Gasteiger charge is 2.14. The van der Waals surface area contributed by atoms with E-state index in [1.165, 1.54) is 13.2 Å². The van der Waals surface area contributed by atoms with Gasteiger partial charge in [0, 0.05) is 6.07 Å². The summed E-state index contributed by atoms with van der Waals surface area (Å²) < 4.78 is 30.9. The lowest BCUT2D eigenvalue weighted by atomic mass is 10.1. The van der Waals surface area contributed by atoms with Crippen molar-refractivity contribution in [2.24, 2.45) is 0 Å². The van der Waals surface area contributed by atoms with Gasteiger partial charge in [0.05, 0.1) is 30.5 Å². The number of benzene rings is 2. The minimum absolute atomic E-state index is 0.0757. The average molecular weight is 329 g/mol. The molecule has 2 aromatic carbocycles. The summed E-state index contributed by atoms with van der Waals surface area (Å²) in [7, 11) is -2.13. The first-order valence-electron chi connectivity index (χ1n) is 5.94. The van der Waals surface area contributed by atoms with Gasteiger partial charge < -0.3 is 9.84 Å². The predicted molar refractivity (Wildman–Crippen MR) is 80.5 cm³/mol. The zero-order chi connectivity index (χ0) is 16.9. The van der Waals surface area contributed by atoms with Crippen molar-refractivity contribution in [3.05, 3.63) is 46.0 Å². The number of aliphatic hydroxyl groups excluding tert-OH is 1. The second-order valence-electron chi connectivity index (χ2n) is 4.34. The van der Waals surface area contributed by atoms with Gasteiger partial charge in [-0.25, -0.2) is 0 Å². The van der Waals surface area contributed by atoms with E-state index < -0.39 is 15.0 Å². The largest absolute Gasteiger partial charge is 0.497 e. The molecule has 0 spiro atoms. The van der Waals surface area contributed by atoms with Crippen LogP contribution in [-0.4, -0.2) is 36.4 Å². The van der Waals surface area contributed by atoms with E-state index in [2.05, 4.69) is 0 Å². The van der Waals surface area contributed by atoms with Gasteiger partial charge in [-0.2, -0.15) is 8.42 Å². The summed E-state index contributed by atoms with van der Waals surface area (Å²) in [5, 5.41) is 21.5. The van der Waals surface area contributed by atoms with Crippen LogP contribution in [0.15, 0.2) is 30.3 Å². The van der Waals surface area contributed by atoms with E-state index in [0.29, 0.717) is 23.0 Å². The van der Waals surface area contributed by atoms with Crippen molar-refractivity contribution >= 4 is 26.6 Å². The van der Waals surface area contributed by atoms with Gasteiger partial charge in [0.1, 0.15) is 5.75 Å². The van der Waals surface area contributed by atoms with E-state index in [1.807, 2.05) is 0 Å². The summed E-state index contributed by atoms with van der Waals surface area (Å²) in [6.45, 7) is -0.349. The van der Waals surface area contributed by atoms with Crippen LogP contribution >= 0.6 is 0 Å². The predicted octanol–water partition coefficient (Wildman–Crippen LogP) is 1.75. The standard InChI is InChI=1S/C12H11NO4.CH4O3S/c1-17-11-3-2-8-4-10(7-14)12(13(15)16)6-9(8)5-11;1-5(2,3)4/h2-6,14H,7H2,1H3;1H3,(H,2,3,4). The fourth-order valence-corrected chi connectivity index (χ4v) is 1.73. The molecule has 120 valence electrons. The second kappa shape index (κ2) is 7.16. The Kier molecular flexibility index (Phi) is 5.80. The van der Waals surface area contributed by atoms with E-state index in [9.17, 15) is 18.5 Å². The Hall–Kier alpha value is -2.23. The van der Waals surface area contributed by atoms with Gasteiger partial charge in [0.25, 0.3) is 15.8 Å². The summed E-state index contributed by atoms with van der Waals surface area (Å²) in [5.74, 6) is 0.642. The van der Waals surface area contributed by atoms with Gasteiger partial charge in [0.2, 0.25) is 0 Å². The fourth-order valence-electron chi connectivity index (χ4n) is 1.73. The molecule has 0 radical (unpaired) electrons. The Morgan fingerprint density at radius 2 is 1.82 bits per heavy atom. The Morgan fingerprint density at radius 1 is 1.23 bits per heavy atom. The van der Waals surface area contributed by atoms with Crippen LogP contribution in [-0.2, 0) is 16.7 Å². The van der Waals surface area contributed by atoms with Crippen molar-refractivity contribution in [3.8, 4) is 5.75 Å². The highest BCUT2D eigenvalue weighted by atomic mass is 32.2. The molecule has 0 unspecified atom stereocenters. The molecule has 0 aliphatic rings. The van der Waals surface area contributed by atoms with E-state index in [-0.39, 0.29) is 12.3 Å². The monoisotopic (exact) mass is 329 g/mol. The zero-order valence-electron chi connectivity index (χ0n) is 11.9. The molecule has 0 bridgehead atoms. The van der Waals surface area contributed by atoms with Crippen molar-refractivity contribution in [2.45, 2.75) is 6.61 Å². The van der Waals surface area contributed by atoms with Crippen LogP contribution in [0.5, 0.6) is 5.75 Å². The molecular formula is C13H15NO7S. The molecule has 9 heteroatoms. The first-order valence-corrected chi connectivity index (χ1v) is 7.79. The summed E-state index contributed by atoms with van der Waals surface area (Å²) in [6, 6.07) is 8.37. The van der Waals surface area contributed by atoms with Gasteiger partial charge >= 0.3 is 0 Å². The lowest BCUT2D eigenvalue weighted by Gasteiger charge is -2.05. The molecule has 22 heavy (non-hydrogen) atoms. The molecule has 0 amide bonds. The molecule has 2 rings (SSSR count). The first-order chi connectivity index (χ1) is 10.2. The fraction of sp³-hybridized carbons (Fsp3) is 0.231. The molecule has 8 nitrogen and oxygen atoms in total. The summed E-state index contributed by atoms with van der Waals surface area (Å²) in [4.78, 5) is 10.3. The Bertz CT molecular complexity index is 778. The maximum absolute atomic E-state index is 10.8. The third-order valence-corrected chi connectivity index (χ3v) is 2.61. The van der Waals surface area contributed by atoms with Gasteiger partial charge in [0.15, 0.2) is 0 Å². The number of methoxy groups -OCH3 is 1. The Morgan fingerprint density at radius 3 is 2.27 bits per heavy atom. The van der Waals surface area contributed by atoms with Gasteiger partial charge in [-0.15, -0.1) is 0 Å². The summed E-state index contributed by atoms with van der Waals surface area (Å²) >= 11 is 0. The third-order valence-electron chi connectivity index (χ3n) is 2.61. The van der Waals surface area contributed by atoms with Crippen LogP contribution in [0.1, 0.15) is 5.56 Å². The summed E-state index contributed by atoms with van der Waals surface area (Å²) in [6.07, 6.45) is 0.715. The molecule has 2 aromatic rings. The number of hydrogen-bond donors (Lipinski definition) is 2. The van der Waals surface area contributed by atoms with Gasteiger partial charge in [-0.05, 0) is 29.0 Å². The molecule has 0 aromatic heterocycles. The molecule has 0 heterocycles. The highest BCUT2D eigenvalue weighted by Crippen LogP contribution is 2.28. The van der Waals surface area contributed by atoms with Crippen molar-refractivity contribution in [1.29, 1.82) is 0 Å². The van der Waals surface area contributed by atoms with Crippen molar-refractivity contribution in [1.82, 2.24) is 0 Å². The smallest absolute Gasteiger partial charge is 0.275 e. The third kappa shape index (κ3) is 5.28. The number of hydrogen-bond acceptors (Lipinski definition) is 6. The van der Waals surface area contributed by atoms with Crippen LogP contribution < -0.4 is 4.74 Å². The van der Waals surface area contributed by atoms with Crippen molar-refractivity contribution in [3.63, 3.8) is 0 Å². The van der Waals surface area contributed by atoms with Crippen LogP contribution in [0.3, 0.4) is 0 Å². The molecule has 0 aliphatic heterocycles. The normalized spacial score (nSPS) is 10.7. The Balaban J connectivity index is 0.000000422. The van der Waals surface area contributed by atoms with Crippen molar-refractivity contribution in [2.75, 3.05) is 13.4 Å². The topological polar surface area (TPSA) is 127 Å². The number of nitrogens with zero attached hydrogens (tertiary/aromatic N) is 1. The van der Waals surface area contributed by atoms with E-state index in [1.54, 1.807) is 24.3 Å². The molecule has 2 N–H and O–H groups in total. The van der Waals surface area contributed by atoms with Crippen LogP contribution in [0.2, 0.25) is 0 Å². The maximum atomic E-state index is 10.8. The maximum Gasteiger partial charge on any atom is 0.275 e. The average Bonchev–Trinajstić information content (AvgIpc) is 2.43. The zero-order valence-corrected chi connectivity index (χ0v) is 12.7. The minimum Gasteiger partial charge on any atom is -0.497 e. The van der Waals surface area contributed by atoms with E-state index >= 15 is 0 Å². The number of fused-ring (bicyclic) bond motifs is 1. The quantitative estimate of drug-likeness (QED) is 0.499. The minimum atomic E-state index is -3.67. The molecule has 0 atom stereocenters. The molecule has 0 aliphatic carbocycles. The molecular weight excluding hydrogens is 314 g/mol. The first kappa shape index (κ1) is 17.8. The van der Waals surface area contributed by atoms with Gasteiger partial charge in [-0.1, -0.05) is 6.07 Å². The highest BCUT2D eigenvalue weighted by molar-refractivity contribution is 7.85. The lowest BCUT2D eigenvalue weighted by molar-refractivity contribution is -0.385. The van der Waals surface area contributed by atoms with Crippen LogP contribution in [0.4, 0.5) is 5.69 Å². The summed E-state index contributed by atoms with van der Waals surface area (Å²) in [5.41, 5.74) is 0.237. The van der Waals surface area contributed by atoms with Gasteiger partial charge in [-0.3, -0.25) is 14.7 Å². The molecule has 0 fully saturated rings.